The van der Waals surface area contributed by atoms with Crippen molar-refractivity contribution in [2.45, 2.75) is 77.4 Å². The van der Waals surface area contributed by atoms with Crippen LogP contribution in [0.3, 0.4) is 0 Å². The Morgan fingerprint density at radius 3 is 2.42 bits per heavy atom. The molecule has 0 saturated carbocycles. The first-order valence-electron chi connectivity index (χ1n) is 9.67. The lowest BCUT2D eigenvalue weighted by molar-refractivity contribution is -0.135. The van der Waals surface area contributed by atoms with Crippen molar-refractivity contribution in [1.29, 1.82) is 0 Å². The zero-order valence-electron chi connectivity index (χ0n) is 17.1. The summed E-state index contributed by atoms with van der Waals surface area (Å²) in [6, 6.07) is 5.92. The van der Waals surface area contributed by atoms with E-state index in [0.717, 1.165) is 37.8 Å². The fourth-order valence-corrected chi connectivity index (χ4v) is 3.10. The molecule has 0 fully saturated rings. The molecular weight excluding hydrogens is 338 g/mol. The maximum atomic E-state index is 12.0. The molecule has 0 saturated heterocycles. The van der Waals surface area contributed by atoms with Crippen LogP contribution in [0.25, 0.3) is 6.08 Å². The van der Waals surface area contributed by atoms with Gasteiger partial charge in [0.2, 0.25) is 0 Å². The minimum Gasteiger partial charge on any atom is -0.519 e. The number of rotatable bonds is 10. The second kappa shape index (κ2) is 11.1. The summed E-state index contributed by atoms with van der Waals surface area (Å²) in [5.74, 6) is -0.0276. The molecule has 0 atom stereocenters. The predicted molar refractivity (Wildman–Crippen MR) is 113 cm³/mol. The molecule has 0 N–H and O–H groups in total. The number of unbranched alkanes of at least 4 members (excludes halogenated alkanes) is 3. The maximum Gasteiger partial charge on any atom is 0.292 e. The molecule has 0 aromatic carbocycles. The molecular formula is C22H35NO2Si. The zero-order valence-corrected chi connectivity index (χ0v) is 18.1. The van der Waals surface area contributed by atoms with Crippen LogP contribution >= 0.6 is 0 Å². The molecule has 0 radical (unpaired) electrons. The van der Waals surface area contributed by atoms with Crippen molar-refractivity contribution >= 4 is 20.4 Å². The van der Waals surface area contributed by atoms with E-state index in [1.807, 2.05) is 24.4 Å². The van der Waals surface area contributed by atoms with E-state index < -0.39 is 8.32 Å². The molecule has 0 spiro atoms. The van der Waals surface area contributed by atoms with Gasteiger partial charge in [0.25, 0.3) is 14.3 Å². The second-order valence-electron chi connectivity index (χ2n) is 8.19. The van der Waals surface area contributed by atoms with Crippen molar-refractivity contribution < 1.29 is 9.22 Å². The SMILES string of the molecule is CC(C)(C)[Si](C)(C)OC(=O)CCCCC=CCCC=Cc1ccccn1. The lowest BCUT2D eigenvalue weighted by Gasteiger charge is -2.35. The van der Waals surface area contributed by atoms with E-state index >= 15 is 0 Å². The summed E-state index contributed by atoms with van der Waals surface area (Å²) in [4.78, 5) is 16.3. The van der Waals surface area contributed by atoms with Gasteiger partial charge < -0.3 is 4.43 Å². The first-order valence-corrected chi connectivity index (χ1v) is 12.6. The average molecular weight is 374 g/mol. The van der Waals surface area contributed by atoms with Gasteiger partial charge in [-0.3, -0.25) is 9.78 Å². The molecule has 0 amide bonds. The third-order valence-electron chi connectivity index (χ3n) is 4.82. The van der Waals surface area contributed by atoms with E-state index in [1.165, 1.54) is 0 Å². The molecule has 1 rings (SSSR count). The highest BCUT2D eigenvalue weighted by atomic mass is 28.4. The number of pyridine rings is 1. The van der Waals surface area contributed by atoms with Crippen LogP contribution in [-0.4, -0.2) is 19.3 Å². The van der Waals surface area contributed by atoms with Crippen molar-refractivity contribution in [3.8, 4) is 0 Å². The van der Waals surface area contributed by atoms with Gasteiger partial charge in [0, 0.05) is 12.6 Å². The number of hydrogen-bond acceptors (Lipinski definition) is 3. The van der Waals surface area contributed by atoms with Crippen molar-refractivity contribution in [3.63, 3.8) is 0 Å². The van der Waals surface area contributed by atoms with Gasteiger partial charge in [-0.2, -0.15) is 0 Å². The van der Waals surface area contributed by atoms with Crippen molar-refractivity contribution in [1.82, 2.24) is 4.98 Å². The number of carbonyl (C=O) groups excluding carboxylic acids is 1. The molecule has 1 aromatic rings. The quantitative estimate of drug-likeness (QED) is 0.265. The number of allylic oxidation sites excluding steroid dienone is 3. The molecule has 0 aliphatic rings. The van der Waals surface area contributed by atoms with Crippen molar-refractivity contribution in [3.05, 3.63) is 48.3 Å². The Morgan fingerprint density at radius 2 is 1.77 bits per heavy atom. The topological polar surface area (TPSA) is 39.2 Å². The summed E-state index contributed by atoms with van der Waals surface area (Å²) >= 11 is 0. The predicted octanol–water partition coefficient (Wildman–Crippen LogP) is 6.54. The van der Waals surface area contributed by atoms with Gasteiger partial charge in [0.05, 0.1) is 5.69 Å². The highest BCUT2D eigenvalue weighted by Gasteiger charge is 2.40. The summed E-state index contributed by atoms with van der Waals surface area (Å²) in [7, 11) is -1.96. The number of nitrogens with zero attached hydrogens (tertiary/aromatic N) is 1. The molecule has 144 valence electrons. The Kier molecular flexibility index (Phi) is 9.56. The second-order valence-corrected chi connectivity index (χ2v) is 12.9. The monoisotopic (exact) mass is 373 g/mol. The van der Waals surface area contributed by atoms with E-state index in [4.69, 9.17) is 4.43 Å². The minimum absolute atomic E-state index is 0.0276. The van der Waals surface area contributed by atoms with Gasteiger partial charge in [0.15, 0.2) is 0 Å². The van der Waals surface area contributed by atoms with Gasteiger partial charge in [-0.25, -0.2) is 0 Å². The molecule has 0 bridgehead atoms. The van der Waals surface area contributed by atoms with Gasteiger partial charge in [-0.15, -0.1) is 0 Å². The van der Waals surface area contributed by atoms with Crippen LogP contribution in [0, 0.1) is 0 Å². The maximum absolute atomic E-state index is 12.0. The molecule has 4 heteroatoms. The standard InChI is InChI=1S/C22H35NO2Si/c1-22(2,3)26(4,5)25-21(24)18-13-11-9-7-6-8-10-12-16-20-17-14-15-19-23-20/h6-7,12,14-17,19H,8-11,13,18H2,1-5H3. The first kappa shape index (κ1) is 22.4. The highest BCUT2D eigenvalue weighted by Crippen LogP contribution is 2.36. The van der Waals surface area contributed by atoms with Crippen molar-refractivity contribution in [2.75, 3.05) is 0 Å². The van der Waals surface area contributed by atoms with Crippen LogP contribution in [-0.2, 0) is 9.22 Å². The summed E-state index contributed by atoms with van der Waals surface area (Å²) in [5, 5.41) is 0.0798. The van der Waals surface area contributed by atoms with Gasteiger partial charge in [0.1, 0.15) is 0 Å². The van der Waals surface area contributed by atoms with Crippen molar-refractivity contribution in [2.24, 2.45) is 0 Å². The first-order chi connectivity index (χ1) is 12.2. The number of aromatic nitrogens is 1. The molecule has 0 aliphatic heterocycles. The number of hydrogen-bond donors (Lipinski definition) is 0. The Morgan fingerprint density at radius 1 is 1.08 bits per heavy atom. The van der Waals surface area contributed by atoms with Gasteiger partial charge >= 0.3 is 0 Å². The van der Waals surface area contributed by atoms with Crippen LogP contribution in [0.1, 0.15) is 65.0 Å². The normalized spacial score (nSPS) is 12.8. The van der Waals surface area contributed by atoms with Gasteiger partial charge in [-0.05, 0) is 68.4 Å². The fraction of sp³-hybridized carbons (Fsp3) is 0.545. The smallest absolute Gasteiger partial charge is 0.292 e. The molecule has 0 aliphatic carbocycles. The zero-order chi connectivity index (χ0) is 19.5. The third-order valence-corrected chi connectivity index (χ3v) is 9.17. The summed E-state index contributed by atoms with van der Waals surface area (Å²) < 4.78 is 5.78. The van der Waals surface area contributed by atoms with Crippen LogP contribution in [0.4, 0.5) is 0 Å². The van der Waals surface area contributed by atoms with Gasteiger partial charge in [-0.1, -0.05) is 45.1 Å². The third kappa shape index (κ3) is 9.14. The van der Waals surface area contributed by atoms with Crippen LogP contribution < -0.4 is 0 Å². The van der Waals surface area contributed by atoms with Crippen LogP contribution in [0.15, 0.2) is 42.6 Å². The van der Waals surface area contributed by atoms with E-state index in [-0.39, 0.29) is 11.0 Å². The lowest BCUT2D eigenvalue weighted by Crippen LogP contribution is -2.42. The van der Waals surface area contributed by atoms with Crippen LogP contribution in [0.5, 0.6) is 0 Å². The molecule has 3 nitrogen and oxygen atoms in total. The van der Waals surface area contributed by atoms with E-state index in [1.54, 1.807) is 0 Å². The molecule has 0 unspecified atom stereocenters. The lowest BCUT2D eigenvalue weighted by atomic mass is 10.1. The highest BCUT2D eigenvalue weighted by molar-refractivity contribution is 6.75. The van der Waals surface area contributed by atoms with E-state index in [0.29, 0.717) is 6.42 Å². The molecule has 26 heavy (non-hydrogen) atoms. The average Bonchev–Trinajstić information content (AvgIpc) is 2.56. The van der Waals surface area contributed by atoms with E-state index in [2.05, 4.69) is 63.2 Å². The Bertz CT molecular complexity index is 586. The Hall–Kier alpha value is -1.68. The largest absolute Gasteiger partial charge is 0.519 e. The molecule has 1 heterocycles. The van der Waals surface area contributed by atoms with Crippen LogP contribution in [0.2, 0.25) is 18.1 Å². The number of carbonyl (C=O) groups is 1. The summed E-state index contributed by atoms with van der Waals surface area (Å²) in [6.45, 7) is 10.7. The minimum atomic E-state index is -1.96. The Labute approximate surface area is 160 Å². The fourth-order valence-electron chi connectivity index (χ4n) is 2.13. The Balaban J connectivity index is 2.09. The van der Waals surface area contributed by atoms with E-state index in [9.17, 15) is 4.79 Å². The molecule has 1 aromatic heterocycles. The summed E-state index contributed by atoms with van der Waals surface area (Å²) in [5.41, 5.74) is 1.00. The summed E-state index contributed by atoms with van der Waals surface area (Å²) in [6.07, 6.45) is 16.0.